The van der Waals surface area contributed by atoms with Gasteiger partial charge in [0.15, 0.2) is 11.5 Å². The number of anilines is 1. The Kier molecular flexibility index (Phi) is 5.63. The lowest BCUT2D eigenvalue weighted by atomic mass is 9.92. The molecule has 142 valence electrons. The van der Waals surface area contributed by atoms with Gasteiger partial charge in [-0.1, -0.05) is 6.07 Å². The molecule has 1 atom stereocenters. The zero-order valence-corrected chi connectivity index (χ0v) is 15.5. The normalized spacial score (nSPS) is 15.9. The van der Waals surface area contributed by atoms with Crippen molar-refractivity contribution in [2.45, 2.75) is 31.7 Å². The highest BCUT2D eigenvalue weighted by Crippen LogP contribution is 2.24. The van der Waals surface area contributed by atoms with Gasteiger partial charge in [-0.05, 0) is 44.0 Å². The van der Waals surface area contributed by atoms with Gasteiger partial charge < -0.3 is 15.0 Å². The third-order valence-corrected chi connectivity index (χ3v) is 4.66. The van der Waals surface area contributed by atoms with Crippen LogP contribution in [0.3, 0.4) is 0 Å². The maximum absolute atomic E-state index is 12.7. The Balaban J connectivity index is 1.78. The van der Waals surface area contributed by atoms with E-state index in [-0.39, 0.29) is 12.1 Å². The van der Waals surface area contributed by atoms with E-state index in [1.54, 1.807) is 43.5 Å². The first-order valence-corrected chi connectivity index (χ1v) is 8.91. The summed E-state index contributed by atoms with van der Waals surface area (Å²) in [6.07, 6.45) is 3.84. The summed E-state index contributed by atoms with van der Waals surface area (Å²) in [5.74, 6) is -0.0995. The Bertz CT molecular complexity index is 791. The molecular weight excluding hydrogens is 346 g/mol. The molecule has 2 aromatic rings. The molecule has 8 heteroatoms. The van der Waals surface area contributed by atoms with Gasteiger partial charge in [-0.2, -0.15) is 0 Å². The lowest BCUT2D eigenvalue weighted by Gasteiger charge is -2.29. The third kappa shape index (κ3) is 4.39. The molecular formula is C19H23N5O3. The number of pyridine rings is 1. The van der Waals surface area contributed by atoms with E-state index < -0.39 is 17.4 Å². The molecule has 0 unspecified atom stereocenters. The average molecular weight is 369 g/mol. The fourth-order valence-electron chi connectivity index (χ4n) is 3.12. The van der Waals surface area contributed by atoms with Crippen molar-refractivity contribution in [3.63, 3.8) is 0 Å². The van der Waals surface area contributed by atoms with Crippen LogP contribution in [0.2, 0.25) is 0 Å². The zero-order valence-electron chi connectivity index (χ0n) is 15.5. The van der Waals surface area contributed by atoms with Gasteiger partial charge in [-0.15, -0.1) is 10.2 Å². The Morgan fingerprint density at radius 1 is 1.19 bits per heavy atom. The highest BCUT2D eigenvalue weighted by molar-refractivity contribution is 5.93. The molecule has 0 saturated carbocycles. The highest BCUT2D eigenvalue weighted by atomic mass is 16.5. The number of amides is 1. The lowest BCUT2D eigenvalue weighted by molar-refractivity contribution is -0.142. The Morgan fingerprint density at radius 2 is 1.96 bits per heavy atom. The van der Waals surface area contributed by atoms with E-state index in [4.69, 9.17) is 4.74 Å². The van der Waals surface area contributed by atoms with Crippen LogP contribution >= 0.6 is 0 Å². The van der Waals surface area contributed by atoms with Crippen LogP contribution in [0.1, 0.15) is 42.4 Å². The van der Waals surface area contributed by atoms with Crippen LogP contribution in [-0.4, -0.2) is 47.3 Å². The SMILES string of the molecule is COC(=O)C[C@@](C)(NC(=O)c1ccc(N2CCCC2)nn1)c1ccccn1. The fraction of sp³-hybridized carbons (Fsp3) is 0.421. The molecule has 27 heavy (non-hydrogen) atoms. The first-order valence-electron chi connectivity index (χ1n) is 8.91. The molecule has 2 aromatic heterocycles. The van der Waals surface area contributed by atoms with E-state index in [0.717, 1.165) is 31.7 Å². The number of ether oxygens (including phenoxy) is 1. The second-order valence-electron chi connectivity index (χ2n) is 6.73. The minimum Gasteiger partial charge on any atom is -0.469 e. The molecule has 1 amide bonds. The summed E-state index contributed by atoms with van der Waals surface area (Å²) >= 11 is 0. The van der Waals surface area contributed by atoms with Crippen molar-refractivity contribution in [3.05, 3.63) is 47.9 Å². The van der Waals surface area contributed by atoms with Gasteiger partial charge in [0.25, 0.3) is 5.91 Å². The number of aromatic nitrogens is 3. The van der Waals surface area contributed by atoms with E-state index in [9.17, 15) is 9.59 Å². The summed E-state index contributed by atoms with van der Waals surface area (Å²) in [6.45, 7) is 3.64. The number of esters is 1. The third-order valence-electron chi connectivity index (χ3n) is 4.66. The van der Waals surface area contributed by atoms with Crippen molar-refractivity contribution in [1.29, 1.82) is 0 Å². The maximum Gasteiger partial charge on any atom is 0.308 e. The van der Waals surface area contributed by atoms with E-state index in [0.29, 0.717) is 5.69 Å². The minimum atomic E-state index is -1.03. The molecule has 0 aromatic carbocycles. The fourth-order valence-corrected chi connectivity index (χ4v) is 3.12. The minimum absolute atomic E-state index is 0.0501. The predicted molar refractivity (Wildman–Crippen MR) is 99.2 cm³/mol. The number of hydrogen-bond donors (Lipinski definition) is 1. The lowest BCUT2D eigenvalue weighted by Crippen LogP contribution is -2.46. The molecule has 1 aliphatic heterocycles. The second kappa shape index (κ2) is 8.11. The van der Waals surface area contributed by atoms with E-state index in [1.165, 1.54) is 7.11 Å². The molecule has 8 nitrogen and oxygen atoms in total. The van der Waals surface area contributed by atoms with Gasteiger partial charge in [-0.25, -0.2) is 0 Å². The summed E-state index contributed by atoms with van der Waals surface area (Å²) in [5, 5.41) is 11.1. The summed E-state index contributed by atoms with van der Waals surface area (Å²) in [5.41, 5.74) is -0.281. The van der Waals surface area contributed by atoms with E-state index in [1.807, 2.05) is 0 Å². The molecule has 0 bridgehead atoms. The Morgan fingerprint density at radius 3 is 2.56 bits per heavy atom. The van der Waals surface area contributed by atoms with Crippen molar-refractivity contribution in [2.75, 3.05) is 25.1 Å². The standard InChI is InChI=1S/C19H23N5O3/c1-19(13-17(25)27-2,15-7-3-4-10-20-15)21-18(26)14-8-9-16(23-22-14)24-11-5-6-12-24/h3-4,7-10H,5-6,11-13H2,1-2H3,(H,21,26)/t19-/m1/s1. The van der Waals surface area contributed by atoms with Crippen molar-refractivity contribution >= 4 is 17.7 Å². The van der Waals surface area contributed by atoms with Crippen LogP contribution in [0.5, 0.6) is 0 Å². The number of hydrogen-bond acceptors (Lipinski definition) is 7. The molecule has 1 saturated heterocycles. The molecule has 0 radical (unpaired) electrons. The number of rotatable bonds is 6. The molecule has 0 aliphatic carbocycles. The highest BCUT2D eigenvalue weighted by Gasteiger charge is 2.34. The van der Waals surface area contributed by atoms with Crippen molar-refractivity contribution < 1.29 is 14.3 Å². The Hall–Kier alpha value is -3.03. The first-order chi connectivity index (χ1) is 13.0. The molecule has 0 spiro atoms. The first kappa shape index (κ1) is 18.8. The van der Waals surface area contributed by atoms with Gasteiger partial charge >= 0.3 is 5.97 Å². The van der Waals surface area contributed by atoms with Gasteiger partial charge in [0.05, 0.1) is 24.8 Å². The second-order valence-corrected chi connectivity index (χ2v) is 6.73. The molecule has 1 aliphatic rings. The number of nitrogens with one attached hydrogen (secondary N) is 1. The smallest absolute Gasteiger partial charge is 0.308 e. The van der Waals surface area contributed by atoms with Gasteiger partial charge in [0.2, 0.25) is 0 Å². The summed E-state index contributed by atoms with van der Waals surface area (Å²) < 4.78 is 4.78. The van der Waals surface area contributed by atoms with Crippen LogP contribution in [-0.2, 0) is 15.1 Å². The largest absolute Gasteiger partial charge is 0.469 e. The summed E-state index contributed by atoms with van der Waals surface area (Å²) in [7, 11) is 1.31. The van der Waals surface area contributed by atoms with Crippen molar-refractivity contribution in [2.24, 2.45) is 0 Å². The average Bonchev–Trinajstić information content (AvgIpc) is 3.23. The van der Waals surface area contributed by atoms with Crippen LogP contribution in [0.25, 0.3) is 0 Å². The Labute approximate surface area is 158 Å². The van der Waals surface area contributed by atoms with Crippen molar-refractivity contribution in [3.8, 4) is 0 Å². The van der Waals surface area contributed by atoms with Gasteiger partial charge in [0, 0.05) is 19.3 Å². The van der Waals surface area contributed by atoms with Crippen LogP contribution in [0.15, 0.2) is 36.5 Å². The zero-order chi connectivity index (χ0) is 19.3. The van der Waals surface area contributed by atoms with Gasteiger partial charge in [-0.3, -0.25) is 14.6 Å². The van der Waals surface area contributed by atoms with Crippen LogP contribution in [0.4, 0.5) is 5.82 Å². The molecule has 1 fully saturated rings. The number of methoxy groups -OCH3 is 1. The van der Waals surface area contributed by atoms with Crippen molar-refractivity contribution in [1.82, 2.24) is 20.5 Å². The quantitative estimate of drug-likeness (QED) is 0.774. The number of nitrogens with zero attached hydrogens (tertiary/aromatic N) is 4. The maximum atomic E-state index is 12.7. The van der Waals surface area contributed by atoms with Gasteiger partial charge in [0.1, 0.15) is 0 Å². The van der Waals surface area contributed by atoms with E-state index >= 15 is 0 Å². The molecule has 3 rings (SSSR count). The topological polar surface area (TPSA) is 97.3 Å². The number of carbonyl (C=O) groups excluding carboxylic acids is 2. The molecule has 3 heterocycles. The summed E-state index contributed by atoms with van der Waals surface area (Å²) in [6, 6.07) is 8.77. The van der Waals surface area contributed by atoms with Crippen LogP contribution < -0.4 is 10.2 Å². The predicted octanol–water partition coefficient (Wildman–Crippen LogP) is 1.68. The van der Waals surface area contributed by atoms with E-state index in [2.05, 4.69) is 25.4 Å². The monoisotopic (exact) mass is 369 g/mol. The summed E-state index contributed by atoms with van der Waals surface area (Å²) in [4.78, 5) is 31.0. The van der Waals surface area contributed by atoms with Crippen LogP contribution in [0, 0.1) is 0 Å². The number of carbonyl (C=O) groups is 2. The molecule has 1 N–H and O–H groups in total.